The summed E-state index contributed by atoms with van der Waals surface area (Å²) in [6.45, 7) is 4.00. The summed E-state index contributed by atoms with van der Waals surface area (Å²) in [6, 6.07) is 13.0. The summed E-state index contributed by atoms with van der Waals surface area (Å²) in [5.41, 5.74) is 1.99. The average Bonchev–Trinajstić information content (AvgIpc) is 3.49. The van der Waals surface area contributed by atoms with Crippen LogP contribution < -0.4 is 9.46 Å². The second-order valence-corrected chi connectivity index (χ2v) is 9.75. The number of hydrogen-bond donors (Lipinski definition) is 2. The standard InChI is InChI=1S/C27H31NO3S.C2H6.CH3F/c1-31-26-18-23(27(29)30)14-17-25(26)28-32-24-15-10-20(11-16-24)7-6-19-8-12-22(13-9-19)21-4-2-3-5-21;2*1-2/h10-11,14-19,21-22,28H,2-5,8-9,12-13H2,1H3,(H,29,30);1-2H3;1H3. The average molecular weight is 514 g/mol. The van der Waals surface area contributed by atoms with Gasteiger partial charge in [-0.15, -0.1) is 0 Å². The summed E-state index contributed by atoms with van der Waals surface area (Å²) in [5.74, 6) is 8.93. The van der Waals surface area contributed by atoms with Gasteiger partial charge in [-0.25, -0.2) is 4.79 Å². The van der Waals surface area contributed by atoms with Gasteiger partial charge in [-0.1, -0.05) is 51.4 Å². The highest BCUT2D eigenvalue weighted by molar-refractivity contribution is 8.00. The van der Waals surface area contributed by atoms with Crippen LogP contribution in [0.4, 0.5) is 10.1 Å². The van der Waals surface area contributed by atoms with Crippen molar-refractivity contribution in [3.8, 4) is 17.6 Å². The van der Waals surface area contributed by atoms with Gasteiger partial charge < -0.3 is 14.6 Å². The molecule has 0 radical (unpaired) electrons. The molecule has 2 aliphatic carbocycles. The monoisotopic (exact) mass is 513 g/mol. The predicted octanol–water partition coefficient (Wildman–Crippen LogP) is 8.47. The van der Waals surface area contributed by atoms with Crippen molar-refractivity contribution in [2.45, 2.75) is 70.1 Å². The molecule has 0 heterocycles. The van der Waals surface area contributed by atoms with Crippen LogP contribution in [0.25, 0.3) is 0 Å². The molecule has 0 spiro atoms. The molecule has 0 atom stereocenters. The van der Waals surface area contributed by atoms with Crippen LogP contribution in [0, 0.1) is 29.6 Å². The Labute approximate surface area is 220 Å². The van der Waals surface area contributed by atoms with Crippen molar-refractivity contribution in [2.24, 2.45) is 17.8 Å². The molecule has 2 N–H and O–H groups in total. The zero-order valence-electron chi connectivity index (χ0n) is 22.0. The van der Waals surface area contributed by atoms with E-state index in [0.717, 1.165) is 28.0 Å². The molecule has 2 aliphatic rings. The third-order valence-corrected chi connectivity index (χ3v) is 7.67. The van der Waals surface area contributed by atoms with Gasteiger partial charge in [-0.2, -0.15) is 0 Å². The summed E-state index contributed by atoms with van der Waals surface area (Å²) in [7, 11) is 2.03. The smallest absolute Gasteiger partial charge is 0.335 e. The number of halogens is 1. The topological polar surface area (TPSA) is 58.6 Å². The first-order valence-corrected chi connectivity index (χ1v) is 13.8. The Hall–Kier alpha value is -2.65. The lowest BCUT2D eigenvalue weighted by Crippen LogP contribution is -2.19. The molecule has 2 saturated carbocycles. The van der Waals surface area contributed by atoms with Gasteiger partial charge in [-0.3, -0.25) is 4.39 Å². The van der Waals surface area contributed by atoms with Gasteiger partial charge in [0.1, 0.15) is 5.75 Å². The fourth-order valence-corrected chi connectivity index (χ4v) is 5.65. The molecule has 0 aliphatic heterocycles. The zero-order chi connectivity index (χ0) is 26.3. The Morgan fingerprint density at radius 3 is 2.17 bits per heavy atom. The van der Waals surface area contributed by atoms with Crippen molar-refractivity contribution in [1.82, 2.24) is 0 Å². The van der Waals surface area contributed by atoms with Crippen molar-refractivity contribution < 1.29 is 19.0 Å². The minimum Gasteiger partial charge on any atom is -0.495 e. The van der Waals surface area contributed by atoms with Crippen LogP contribution >= 0.6 is 11.9 Å². The zero-order valence-corrected chi connectivity index (χ0v) is 22.8. The summed E-state index contributed by atoms with van der Waals surface area (Å²) in [6.07, 6.45) is 11.0. The van der Waals surface area contributed by atoms with E-state index < -0.39 is 5.97 Å². The minimum atomic E-state index is -0.971. The number of aromatic carboxylic acids is 1. The first kappa shape index (κ1) is 29.6. The Morgan fingerprint density at radius 2 is 1.58 bits per heavy atom. The second-order valence-electron chi connectivity index (χ2n) is 8.87. The quantitative estimate of drug-likeness (QED) is 0.300. The maximum Gasteiger partial charge on any atom is 0.335 e. The third-order valence-electron chi connectivity index (χ3n) is 6.84. The van der Waals surface area contributed by atoms with Crippen LogP contribution in [-0.2, 0) is 0 Å². The van der Waals surface area contributed by atoms with Crippen molar-refractivity contribution >= 4 is 23.6 Å². The Kier molecular flexibility index (Phi) is 13.3. The van der Waals surface area contributed by atoms with Crippen molar-refractivity contribution in [3.05, 3.63) is 53.6 Å². The second kappa shape index (κ2) is 16.2. The molecule has 6 heteroatoms. The summed E-state index contributed by atoms with van der Waals surface area (Å²) >= 11 is 1.46. The first-order valence-electron chi connectivity index (χ1n) is 13.0. The highest BCUT2D eigenvalue weighted by Gasteiger charge is 2.28. The molecule has 0 unspecified atom stereocenters. The third kappa shape index (κ3) is 8.78. The molecule has 0 aromatic heterocycles. The van der Waals surface area contributed by atoms with Crippen molar-refractivity contribution in [2.75, 3.05) is 19.0 Å². The number of carbonyl (C=O) groups is 1. The van der Waals surface area contributed by atoms with E-state index in [9.17, 15) is 9.18 Å². The van der Waals surface area contributed by atoms with E-state index in [1.165, 1.54) is 76.5 Å². The van der Waals surface area contributed by atoms with E-state index in [-0.39, 0.29) is 5.56 Å². The number of anilines is 1. The van der Waals surface area contributed by atoms with Gasteiger partial charge >= 0.3 is 5.97 Å². The van der Waals surface area contributed by atoms with Gasteiger partial charge in [0.15, 0.2) is 0 Å². The number of ether oxygens (including phenoxy) is 1. The van der Waals surface area contributed by atoms with Crippen LogP contribution in [0.15, 0.2) is 47.4 Å². The Balaban J connectivity index is 0.00000109. The lowest BCUT2D eigenvalue weighted by molar-refractivity contribution is 0.0696. The number of nitrogens with one attached hydrogen (secondary N) is 1. The van der Waals surface area contributed by atoms with E-state index in [1.54, 1.807) is 12.1 Å². The number of alkyl halides is 1. The van der Waals surface area contributed by atoms with E-state index >= 15 is 0 Å². The number of hydrogen-bond acceptors (Lipinski definition) is 4. The molecule has 0 bridgehead atoms. The van der Waals surface area contributed by atoms with E-state index in [1.807, 2.05) is 13.8 Å². The van der Waals surface area contributed by atoms with Gasteiger partial charge in [0.05, 0.1) is 25.5 Å². The number of methoxy groups -OCH3 is 1. The van der Waals surface area contributed by atoms with Gasteiger partial charge in [-0.05, 0) is 91.9 Å². The molecular formula is C30H40FNO3S. The molecule has 0 amide bonds. The van der Waals surface area contributed by atoms with Crippen molar-refractivity contribution in [1.29, 1.82) is 0 Å². The van der Waals surface area contributed by atoms with Crippen LogP contribution in [0.2, 0.25) is 0 Å². The molecular weight excluding hydrogens is 473 g/mol. The lowest BCUT2D eigenvalue weighted by Gasteiger charge is -2.30. The first-order chi connectivity index (χ1) is 17.6. The van der Waals surface area contributed by atoms with E-state index in [4.69, 9.17) is 9.84 Å². The van der Waals surface area contributed by atoms with E-state index in [2.05, 4.69) is 40.8 Å². The highest BCUT2D eigenvalue weighted by atomic mass is 32.2. The Morgan fingerprint density at radius 1 is 0.972 bits per heavy atom. The normalized spacial score (nSPS) is 18.9. The summed E-state index contributed by atoms with van der Waals surface area (Å²) in [5, 5.41) is 9.12. The van der Waals surface area contributed by atoms with Gasteiger partial charge in [0.25, 0.3) is 0 Å². The van der Waals surface area contributed by atoms with Crippen LogP contribution in [0.1, 0.15) is 81.1 Å². The number of carboxylic acid groups (broad SMARTS) is 1. The van der Waals surface area contributed by atoms with Crippen LogP contribution in [0.5, 0.6) is 5.75 Å². The SMILES string of the molecule is CC.CF.COc1cc(C(=O)O)ccc1NSc1ccc(C#CC2CCC(C3CCCC3)CC2)cc1. The molecule has 2 aromatic rings. The largest absolute Gasteiger partial charge is 0.495 e. The number of rotatable bonds is 6. The summed E-state index contributed by atoms with van der Waals surface area (Å²) in [4.78, 5) is 12.2. The molecule has 2 fully saturated rings. The molecule has 36 heavy (non-hydrogen) atoms. The van der Waals surface area contributed by atoms with Crippen LogP contribution in [-0.4, -0.2) is 25.4 Å². The molecule has 2 aromatic carbocycles. The molecule has 0 saturated heterocycles. The highest BCUT2D eigenvalue weighted by Crippen LogP contribution is 2.40. The Bertz CT molecular complexity index is 985. The maximum atomic E-state index is 11.1. The minimum absolute atomic E-state index is 0.201. The molecule has 196 valence electrons. The number of benzene rings is 2. The fraction of sp³-hybridized carbons (Fsp3) is 0.500. The van der Waals surface area contributed by atoms with Gasteiger partial charge in [0, 0.05) is 16.4 Å². The van der Waals surface area contributed by atoms with Crippen molar-refractivity contribution in [3.63, 3.8) is 0 Å². The van der Waals surface area contributed by atoms with Gasteiger partial charge in [0.2, 0.25) is 0 Å². The number of carboxylic acids is 1. The van der Waals surface area contributed by atoms with Crippen LogP contribution in [0.3, 0.4) is 0 Å². The maximum absolute atomic E-state index is 11.1. The predicted molar refractivity (Wildman–Crippen MR) is 149 cm³/mol. The van der Waals surface area contributed by atoms with E-state index in [0.29, 0.717) is 18.8 Å². The lowest BCUT2D eigenvalue weighted by atomic mass is 9.75. The fourth-order valence-electron chi connectivity index (χ4n) is 4.98. The molecule has 4 nitrogen and oxygen atoms in total. The molecule has 4 rings (SSSR count). The summed E-state index contributed by atoms with van der Waals surface area (Å²) < 4.78 is 18.1.